The maximum Gasteiger partial charge on any atom is 0.254 e. The molecule has 3 atom stereocenters. The summed E-state index contributed by atoms with van der Waals surface area (Å²) < 4.78 is 53.4. The fourth-order valence-electron chi connectivity index (χ4n) is 4.87. The largest absolute Gasteiger partial charge is 0.349 e. The van der Waals surface area contributed by atoms with Crippen molar-refractivity contribution in [2.24, 2.45) is 11.8 Å². The molecule has 9 heteroatoms. The SMILES string of the molecule is CC1CCCC(NC(=O)c2cc(S(=O)(=O)N3CCC4(CC3)OCCO4)ccc2F)C1C. The molecule has 7 nitrogen and oxygen atoms in total. The van der Waals surface area contributed by atoms with Crippen molar-refractivity contribution in [3.05, 3.63) is 29.6 Å². The third kappa shape index (κ3) is 4.51. The van der Waals surface area contributed by atoms with E-state index in [0.29, 0.717) is 32.0 Å². The number of carbonyl (C=O) groups excluding carboxylic acids is 1. The average molecular weight is 455 g/mol. The van der Waals surface area contributed by atoms with Gasteiger partial charge in [-0.25, -0.2) is 12.8 Å². The van der Waals surface area contributed by atoms with Crippen molar-refractivity contribution in [2.45, 2.75) is 62.7 Å². The molecule has 3 fully saturated rings. The van der Waals surface area contributed by atoms with Gasteiger partial charge in [-0.15, -0.1) is 0 Å². The lowest BCUT2D eigenvalue weighted by Crippen LogP contribution is -2.47. The molecule has 0 radical (unpaired) electrons. The summed E-state index contributed by atoms with van der Waals surface area (Å²) in [6, 6.07) is 3.40. The summed E-state index contributed by atoms with van der Waals surface area (Å²) in [6.07, 6.45) is 3.85. The van der Waals surface area contributed by atoms with Gasteiger partial charge in [0.2, 0.25) is 10.0 Å². The van der Waals surface area contributed by atoms with Gasteiger partial charge in [-0.05, 0) is 36.5 Å². The summed E-state index contributed by atoms with van der Waals surface area (Å²) in [5.41, 5.74) is -0.234. The van der Waals surface area contributed by atoms with E-state index in [1.165, 1.54) is 10.4 Å². The zero-order chi connectivity index (χ0) is 22.2. The molecule has 0 aromatic heterocycles. The first-order valence-electron chi connectivity index (χ1n) is 11.1. The Kier molecular flexibility index (Phi) is 6.40. The van der Waals surface area contributed by atoms with Gasteiger partial charge in [0.05, 0.1) is 23.7 Å². The molecule has 1 aliphatic carbocycles. The van der Waals surface area contributed by atoms with E-state index < -0.39 is 27.5 Å². The number of halogens is 1. The second-order valence-electron chi connectivity index (χ2n) is 9.00. The first-order chi connectivity index (χ1) is 14.7. The van der Waals surface area contributed by atoms with Crippen LogP contribution in [0, 0.1) is 17.7 Å². The lowest BCUT2D eigenvalue weighted by molar-refractivity contribution is -0.179. The van der Waals surface area contributed by atoms with Crippen LogP contribution in [0.5, 0.6) is 0 Å². The van der Waals surface area contributed by atoms with Crippen LogP contribution in [0.4, 0.5) is 4.39 Å². The van der Waals surface area contributed by atoms with Gasteiger partial charge in [-0.3, -0.25) is 4.79 Å². The summed E-state index contributed by atoms with van der Waals surface area (Å²) in [4.78, 5) is 12.7. The standard InChI is InChI=1S/C22H31FN2O5S/c1-15-4-3-5-20(16(15)2)24-21(26)18-14-17(6-7-19(18)23)31(27,28)25-10-8-22(9-11-25)29-12-13-30-22/h6-7,14-16,20H,3-5,8-13H2,1-2H3,(H,24,26). The van der Waals surface area contributed by atoms with Crippen molar-refractivity contribution in [3.8, 4) is 0 Å². The van der Waals surface area contributed by atoms with Crippen LogP contribution in [-0.2, 0) is 19.5 Å². The summed E-state index contributed by atoms with van der Waals surface area (Å²) in [7, 11) is -3.86. The molecule has 1 spiro atoms. The normalized spacial score (nSPS) is 29.2. The molecule has 2 aliphatic heterocycles. The van der Waals surface area contributed by atoms with Crippen LogP contribution in [-0.4, -0.2) is 56.8 Å². The molecule has 4 rings (SSSR count). The van der Waals surface area contributed by atoms with Crippen LogP contribution in [0.15, 0.2) is 23.1 Å². The van der Waals surface area contributed by atoms with Crippen molar-refractivity contribution >= 4 is 15.9 Å². The summed E-state index contributed by atoms with van der Waals surface area (Å²) in [6.45, 7) is 5.77. The van der Waals surface area contributed by atoms with E-state index in [2.05, 4.69) is 19.2 Å². The third-order valence-electron chi connectivity index (χ3n) is 7.14. The van der Waals surface area contributed by atoms with Crippen LogP contribution in [0.25, 0.3) is 0 Å². The van der Waals surface area contributed by atoms with E-state index in [-0.39, 0.29) is 35.5 Å². The Labute approximate surface area is 183 Å². The topological polar surface area (TPSA) is 84.9 Å². The van der Waals surface area contributed by atoms with Gasteiger partial charge in [0.25, 0.3) is 5.91 Å². The molecule has 1 aromatic carbocycles. The molecule has 1 saturated carbocycles. The van der Waals surface area contributed by atoms with Gasteiger partial charge >= 0.3 is 0 Å². The predicted molar refractivity (Wildman–Crippen MR) is 112 cm³/mol. The summed E-state index contributed by atoms with van der Waals surface area (Å²) >= 11 is 0. The molecule has 1 N–H and O–H groups in total. The lowest BCUT2D eigenvalue weighted by Gasteiger charge is -2.36. The highest BCUT2D eigenvalue weighted by atomic mass is 32.2. The van der Waals surface area contributed by atoms with E-state index in [1.54, 1.807) is 0 Å². The molecular weight excluding hydrogens is 423 g/mol. The van der Waals surface area contributed by atoms with Crippen LogP contribution < -0.4 is 5.32 Å². The number of amides is 1. The average Bonchev–Trinajstić information content (AvgIpc) is 3.19. The van der Waals surface area contributed by atoms with E-state index in [4.69, 9.17) is 9.47 Å². The second kappa shape index (κ2) is 8.77. The Morgan fingerprint density at radius 2 is 1.84 bits per heavy atom. The van der Waals surface area contributed by atoms with E-state index in [9.17, 15) is 17.6 Å². The molecule has 1 amide bonds. The van der Waals surface area contributed by atoms with E-state index in [0.717, 1.165) is 31.4 Å². The number of benzene rings is 1. The van der Waals surface area contributed by atoms with Gasteiger partial charge in [0.1, 0.15) is 5.82 Å². The fourth-order valence-corrected chi connectivity index (χ4v) is 6.34. The van der Waals surface area contributed by atoms with Crippen molar-refractivity contribution in [3.63, 3.8) is 0 Å². The quantitative estimate of drug-likeness (QED) is 0.756. The summed E-state index contributed by atoms with van der Waals surface area (Å²) in [5.74, 6) is -1.21. The first kappa shape index (κ1) is 22.6. The number of carbonyl (C=O) groups is 1. The lowest BCUT2D eigenvalue weighted by atomic mass is 9.78. The maximum atomic E-state index is 14.5. The Bertz CT molecular complexity index is 922. The van der Waals surface area contributed by atoms with Crippen molar-refractivity contribution in [1.82, 2.24) is 9.62 Å². The smallest absolute Gasteiger partial charge is 0.254 e. The third-order valence-corrected chi connectivity index (χ3v) is 9.04. The zero-order valence-corrected chi connectivity index (χ0v) is 18.9. The van der Waals surface area contributed by atoms with Gasteiger partial charge in [-0.1, -0.05) is 26.7 Å². The Balaban J connectivity index is 1.49. The number of ether oxygens (including phenoxy) is 2. The minimum atomic E-state index is -3.86. The van der Waals surface area contributed by atoms with Crippen LogP contribution >= 0.6 is 0 Å². The Morgan fingerprint density at radius 3 is 2.52 bits per heavy atom. The Hall–Kier alpha value is -1.55. The molecular formula is C22H31FN2O5S. The maximum absolute atomic E-state index is 14.5. The van der Waals surface area contributed by atoms with Crippen molar-refractivity contribution in [2.75, 3.05) is 26.3 Å². The number of hydrogen-bond donors (Lipinski definition) is 1. The van der Waals surface area contributed by atoms with Crippen LogP contribution in [0.2, 0.25) is 0 Å². The molecule has 1 aromatic rings. The zero-order valence-electron chi connectivity index (χ0n) is 18.1. The van der Waals surface area contributed by atoms with E-state index >= 15 is 0 Å². The van der Waals surface area contributed by atoms with Crippen molar-refractivity contribution < 1.29 is 27.1 Å². The highest BCUT2D eigenvalue weighted by Gasteiger charge is 2.42. The molecule has 3 aliphatic rings. The summed E-state index contributed by atoms with van der Waals surface area (Å²) in [5, 5.41) is 2.93. The Morgan fingerprint density at radius 1 is 1.16 bits per heavy atom. The van der Waals surface area contributed by atoms with Gasteiger partial charge in [0, 0.05) is 32.0 Å². The first-order valence-corrected chi connectivity index (χ1v) is 12.5. The van der Waals surface area contributed by atoms with Crippen molar-refractivity contribution in [1.29, 1.82) is 0 Å². The number of hydrogen-bond acceptors (Lipinski definition) is 5. The molecule has 0 bridgehead atoms. The fraction of sp³-hybridized carbons (Fsp3) is 0.682. The molecule has 2 heterocycles. The number of sulfonamides is 1. The van der Waals surface area contributed by atoms with Crippen LogP contribution in [0.3, 0.4) is 0 Å². The number of rotatable bonds is 4. The number of nitrogens with one attached hydrogen (secondary N) is 1. The number of piperidine rings is 1. The van der Waals surface area contributed by atoms with Gasteiger partial charge in [0.15, 0.2) is 5.79 Å². The van der Waals surface area contributed by atoms with Gasteiger partial charge < -0.3 is 14.8 Å². The predicted octanol–water partition coefficient (Wildman–Crippen LogP) is 2.91. The highest BCUT2D eigenvalue weighted by molar-refractivity contribution is 7.89. The second-order valence-corrected chi connectivity index (χ2v) is 10.9. The molecule has 3 unspecified atom stereocenters. The highest BCUT2D eigenvalue weighted by Crippen LogP contribution is 2.34. The minimum Gasteiger partial charge on any atom is -0.349 e. The number of nitrogens with zero attached hydrogens (tertiary/aromatic N) is 1. The minimum absolute atomic E-state index is 0.0411. The molecule has 31 heavy (non-hydrogen) atoms. The molecule has 172 valence electrons. The van der Waals surface area contributed by atoms with Gasteiger partial charge in [-0.2, -0.15) is 4.31 Å². The monoisotopic (exact) mass is 454 g/mol. The van der Waals surface area contributed by atoms with E-state index in [1.807, 2.05) is 0 Å². The van der Waals surface area contributed by atoms with Crippen LogP contribution in [0.1, 0.15) is 56.3 Å². The molecule has 2 saturated heterocycles.